The summed E-state index contributed by atoms with van der Waals surface area (Å²) in [7, 11) is 0. The highest BCUT2D eigenvalue weighted by atomic mass is 16.5. The van der Waals surface area contributed by atoms with Crippen LogP contribution in [-0.2, 0) is 0 Å². The molecule has 1 saturated heterocycles. The van der Waals surface area contributed by atoms with Crippen molar-refractivity contribution in [3.63, 3.8) is 0 Å². The molecular formula is C20H25NO. The van der Waals surface area contributed by atoms with E-state index in [1.165, 1.54) is 44.5 Å². The molecule has 2 aromatic rings. The topological polar surface area (TPSA) is 12.5 Å². The molecule has 0 N–H and O–H groups in total. The molecule has 2 aromatic carbocycles. The number of hydrogen-bond donors (Lipinski definition) is 0. The Morgan fingerprint density at radius 3 is 2.23 bits per heavy atom. The molecule has 0 spiro atoms. The van der Waals surface area contributed by atoms with Crippen LogP contribution in [-0.4, -0.2) is 24.5 Å². The monoisotopic (exact) mass is 295 g/mol. The van der Waals surface area contributed by atoms with Crippen molar-refractivity contribution in [1.29, 1.82) is 0 Å². The fourth-order valence-corrected chi connectivity index (χ4v) is 3.04. The maximum atomic E-state index is 5.85. The van der Waals surface area contributed by atoms with E-state index in [0.29, 0.717) is 5.92 Å². The van der Waals surface area contributed by atoms with Crippen LogP contribution in [0.1, 0.15) is 37.7 Å². The van der Waals surface area contributed by atoms with E-state index in [0.717, 1.165) is 11.5 Å². The number of nitrogens with zero attached hydrogens (tertiary/aromatic N) is 1. The van der Waals surface area contributed by atoms with E-state index in [1.54, 1.807) is 0 Å². The van der Waals surface area contributed by atoms with Crippen molar-refractivity contribution in [3.8, 4) is 11.5 Å². The van der Waals surface area contributed by atoms with E-state index in [2.05, 4.69) is 36.1 Å². The summed E-state index contributed by atoms with van der Waals surface area (Å²) in [5, 5.41) is 0. The quantitative estimate of drug-likeness (QED) is 0.738. The Morgan fingerprint density at radius 1 is 0.909 bits per heavy atom. The largest absolute Gasteiger partial charge is 0.457 e. The van der Waals surface area contributed by atoms with E-state index < -0.39 is 0 Å². The zero-order valence-corrected chi connectivity index (χ0v) is 13.4. The summed E-state index contributed by atoms with van der Waals surface area (Å²) >= 11 is 0. The fraction of sp³-hybridized carbons (Fsp3) is 0.400. The minimum absolute atomic E-state index is 0.603. The smallest absolute Gasteiger partial charge is 0.127 e. The van der Waals surface area contributed by atoms with Gasteiger partial charge in [-0.1, -0.05) is 37.3 Å². The van der Waals surface area contributed by atoms with E-state index >= 15 is 0 Å². The molecule has 1 fully saturated rings. The van der Waals surface area contributed by atoms with Gasteiger partial charge in [-0.15, -0.1) is 0 Å². The van der Waals surface area contributed by atoms with Crippen LogP contribution >= 0.6 is 0 Å². The molecule has 2 nitrogen and oxygen atoms in total. The van der Waals surface area contributed by atoms with Gasteiger partial charge < -0.3 is 9.64 Å². The molecule has 0 aromatic heterocycles. The van der Waals surface area contributed by atoms with Gasteiger partial charge in [0.2, 0.25) is 0 Å². The molecule has 3 rings (SSSR count). The highest BCUT2D eigenvalue weighted by Crippen LogP contribution is 2.25. The number of benzene rings is 2. The standard InChI is InChI=1S/C20H25NO/c1-17(13-16-21-14-5-6-15-21)18-9-11-20(12-10-18)22-19-7-3-2-4-8-19/h2-4,7-12,17H,5-6,13-16H2,1H3. The van der Waals surface area contributed by atoms with Crippen molar-refractivity contribution in [2.45, 2.75) is 32.1 Å². The predicted octanol–water partition coefficient (Wildman–Crippen LogP) is 5.07. The van der Waals surface area contributed by atoms with Crippen LogP contribution in [0.2, 0.25) is 0 Å². The van der Waals surface area contributed by atoms with E-state index in [-0.39, 0.29) is 0 Å². The second-order valence-corrected chi connectivity index (χ2v) is 6.22. The average Bonchev–Trinajstić information content (AvgIpc) is 3.08. The third kappa shape index (κ3) is 4.11. The second-order valence-electron chi connectivity index (χ2n) is 6.22. The molecule has 0 radical (unpaired) electrons. The van der Waals surface area contributed by atoms with Gasteiger partial charge in [-0.05, 0) is 74.6 Å². The van der Waals surface area contributed by atoms with Crippen LogP contribution in [0.15, 0.2) is 54.6 Å². The minimum atomic E-state index is 0.603. The number of likely N-dealkylation sites (tertiary alicyclic amines) is 1. The third-order valence-electron chi connectivity index (χ3n) is 4.51. The van der Waals surface area contributed by atoms with Crippen molar-refractivity contribution in [1.82, 2.24) is 4.90 Å². The van der Waals surface area contributed by atoms with E-state index in [1.807, 2.05) is 30.3 Å². The molecule has 1 aliphatic rings. The number of ether oxygens (including phenoxy) is 1. The first-order chi connectivity index (χ1) is 10.8. The van der Waals surface area contributed by atoms with Crippen molar-refractivity contribution in [2.75, 3.05) is 19.6 Å². The van der Waals surface area contributed by atoms with Crippen molar-refractivity contribution in [2.24, 2.45) is 0 Å². The zero-order chi connectivity index (χ0) is 15.2. The first-order valence-electron chi connectivity index (χ1n) is 8.36. The lowest BCUT2D eigenvalue weighted by Gasteiger charge is -2.18. The van der Waals surface area contributed by atoms with Gasteiger partial charge in [-0.2, -0.15) is 0 Å². The Bertz CT molecular complexity index is 558. The molecule has 1 aliphatic heterocycles. The molecular weight excluding hydrogens is 270 g/mol. The molecule has 22 heavy (non-hydrogen) atoms. The molecule has 0 bridgehead atoms. The van der Waals surface area contributed by atoms with Crippen molar-refractivity contribution >= 4 is 0 Å². The van der Waals surface area contributed by atoms with Crippen LogP contribution in [0.3, 0.4) is 0 Å². The number of rotatable bonds is 6. The van der Waals surface area contributed by atoms with E-state index in [9.17, 15) is 0 Å². The lowest BCUT2D eigenvalue weighted by atomic mass is 9.97. The third-order valence-corrected chi connectivity index (χ3v) is 4.51. The van der Waals surface area contributed by atoms with Gasteiger partial charge in [-0.25, -0.2) is 0 Å². The van der Waals surface area contributed by atoms with Gasteiger partial charge in [0.05, 0.1) is 0 Å². The zero-order valence-electron chi connectivity index (χ0n) is 13.4. The summed E-state index contributed by atoms with van der Waals surface area (Å²) < 4.78 is 5.85. The summed E-state index contributed by atoms with van der Waals surface area (Å²) in [5.41, 5.74) is 1.40. The highest BCUT2D eigenvalue weighted by Gasteiger charge is 2.13. The van der Waals surface area contributed by atoms with Crippen LogP contribution in [0.5, 0.6) is 11.5 Å². The maximum Gasteiger partial charge on any atom is 0.127 e. The Morgan fingerprint density at radius 2 is 1.55 bits per heavy atom. The molecule has 0 aliphatic carbocycles. The van der Waals surface area contributed by atoms with Gasteiger partial charge in [0, 0.05) is 0 Å². The van der Waals surface area contributed by atoms with Gasteiger partial charge >= 0.3 is 0 Å². The summed E-state index contributed by atoms with van der Waals surface area (Å²) in [6.45, 7) is 6.12. The Labute approximate surface area is 133 Å². The molecule has 116 valence electrons. The Kier molecular flexibility index (Phi) is 5.12. The average molecular weight is 295 g/mol. The Balaban J connectivity index is 1.54. The molecule has 2 heteroatoms. The van der Waals surface area contributed by atoms with Crippen LogP contribution in [0.4, 0.5) is 0 Å². The van der Waals surface area contributed by atoms with Gasteiger partial charge in [0.1, 0.15) is 11.5 Å². The maximum absolute atomic E-state index is 5.85. The molecule has 0 saturated carbocycles. The molecule has 0 amide bonds. The van der Waals surface area contributed by atoms with Gasteiger partial charge in [0.15, 0.2) is 0 Å². The number of para-hydroxylation sites is 1. The molecule has 1 unspecified atom stereocenters. The van der Waals surface area contributed by atoms with E-state index in [4.69, 9.17) is 4.74 Å². The lowest BCUT2D eigenvalue weighted by molar-refractivity contribution is 0.324. The SMILES string of the molecule is CC(CCN1CCCC1)c1ccc(Oc2ccccc2)cc1. The summed E-state index contributed by atoms with van der Waals surface area (Å²) in [4.78, 5) is 2.59. The van der Waals surface area contributed by atoms with Gasteiger partial charge in [0.25, 0.3) is 0 Å². The lowest BCUT2D eigenvalue weighted by Crippen LogP contribution is -2.21. The minimum Gasteiger partial charge on any atom is -0.457 e. The van der Waals surface area contributed by atoms with Crippen molar-refractivity contribution in [3.05, 3.63) is 60.2 Å². The van der Waals surface area contributed by atoms with Crippen molar-refractivity contribution < 1.29 is 4.74 Å². The Hall–Kier alpha value is -1.80. The summed E-state index contributed by atoms with van der Waals surface area (Å²) in [6, 6.07) is 18.5. The second kappa shape index (κ2) is 7.46. The number of hydrogen-bond acceptors (Lipinski definition) is 2. The van der Waals surface area contributed by atoms with Gasteiger partial charge in [-0.3, -0.25) is 0 Å². The fourth-order valence-electron chi connectivity index (χ4n) is 3.04. The highest BCUT2D eigenvalue weighted by molar-refractivity contribution is 5.33. The van der Waals surface area contributed by atoms with Crippen LogP contribution < -0.4 is 4.74 Å². The van der Waals surface area contributed by atoms with Crippen LogP contribution in [0, 0.1) is 0 Å². The first kappa shape index (κ1) is 15.1. The summed E-state index contributed by atoms with van der Waals surface area (Å²) in [6.07, 6.45) is 3.98. The molecule has 1 heterocycles. The predicted molar refractivity (Wildman–Crippen MR) is 91.7 cm³/mol. The van der Waals surface area contributed by atoms with Crippen LogP contribution in [0.25, 0.3) is 0 Å². The summed E-state index contributed by atoms with van der Waals surface area (Å²) in [5.74, 6) is 2.39. The normalized spacial score (nSPS) is 16.6. The first-order valence-corrected chi connectivity index (χ1v) is 8.36. The molecule has 1 atom stereocenters.